The smallest absolute Gasteiger partial charge is 0.223 e. The van der Waals surface area contributed by atoms with E-state index in [9.17, 15) is 4.79 Å². The van der Waals surface area contributed by atoms with Gasteiger partial charge in [-0.15, -0.1) is 0 Å². The summed E-state index contributed by atoms with van der Waals surface area (Å²) in [5.41, 5.74) is 3.46. The minimum Gasteiger partial charge on any atom is -0.384 e. The zero-order valence-corrected chi connectivity index (χ0v) is 14.9. The molecule has 4 nitrogen and oxygen atoms in total. The molecule has 2 saturated carbocycles. The zero-order chi connectivity index (χ0) is 17.2. The van der Waals surface area contributed by atoms with Crippen molar-refractivity contribution >= 4 is 22.5 Å². The van der Waals surface area contributed by atoms with E-state index in [1.165, 1.54) is 29.5 Å². The lowest BCUT2D eigenvalue weighted by molar-refractivity contribution is -0.126. The van der Waals surface area contributed by atoms with Crippen LogP contribution in [-0.4, -0.2) is 23.5 Å². The molecule has 2 aliphatic carbocycles. The second kappa shape index (κ2) is 7.03. The number of hydrogen-bond donors (Lipinski definition) is 2. The maximum absolute atomic E-state index is 12.2. The van der Waals surface area contributed by atoms with Crippen LogP contribution >= 0.6 is 0 Å². The molecule has 25 heavy (non-hydrogen) atoms. The van der Waals surface area contributed by atoms with Gasteiger partial charge in [0.25, 0.3) is 0 Å². The fourth-order valence-electron chi connectivity index (χ4n) is 3.91. The van der Waals surface area contributed by atoms with Gasteiger partial charge in [0, 0.05) is 35.8 Å². The highest BCUT2D eigenvalue weighted by Crippen LogP contribution is 2.31. The lowest BCUT2D eigenvalue weighted by Crippen LogP contribution is -2.35. The van der Waals surface area contributed by atoms with Gasteiger partial charge in [-0.3, -0.25) is 9.78 Å². The first kappa shape index (κ1) is 16.4. The molecule has 132 valence electrons. The third kappa shape index (κ3) is 3.78. The summed E-state index contributed by atoms with van der Waals surface area (Å²) >= 11 is 0. The van der Waals surface area contributed by atoms with E-state index in [4.69, 9.17) is 0 Å². The van der Waals surface area contributed by atoms with E-state index < -0.39 is 0 Å². The molecule has 1 aromatic carbocycles. The number of carbonyl (C=O) groups excluding carboxylic acids is 1. The maximum Gasteiger partial charge on any atom is 0.223 e. The van der Waals surface area contributed by atoms with Gasteiger partial charge in [0.1, 0.15) is 0 Å². The summed E-state index contributed by atoms with van der Waals surface area (Å²) in [5.74, 6) is 1.18. The molecule has 0 unspecified atom stereocenters. The molecule has 0 bridgehead atoms. The van der Waals surface area contributed by atoms with Crippen molar-refractivity contribution in [3.05, 3.63) is 36.0 Å². The Bertz CT molecular complexity index is 761. The van der Waals surface area contributed by atoms with Gasteiger partial charge in [-0.25, -0.2) is 0 Å². The number of carbonyl (C=O) groups is 1. The predicted molar refractivity (Wildman–Crippen MR) is 102 cm³/mol. The van der Waals surface area contributed by atoms with E-state index in [1.54, 1.807) is 0 Å². The second-order valence-corrected chi connectivity index (χ2v) is 7.71. The van der Waals surface area contributed by atoms with Gasteiger partial charge in [-0.05, 0) is 63.0 Å². The van der Waals surface area contributed by atoms with E-state index in [2.05, 4.69) is 46.8 Å². The highest BCUT2D eigenvalue weighted by molar-refractivity contribution is 5.92. The van der Waals surface area contributed by atoms with Crippen LogP contribution < -0.4 is 10.6 Å². The van der Waals surface area contributed by atoms with Crippen LogP contribution in [-0.2, 0) is 4.79 Å². The fourth-order valence-corrected chi connectivity index (χ4v) is 3.91. The van der Waals surface area contributed by atoms with E-state index in [1.807, 2.05) is 6.20 Å². The Morgan fingerprint density at radius 2 is 1.92 bits per heavy atom. The van der Waals surface area contributed by atoms with Gasteiger partial charge >= 0.3 is 0 Å². The second-order valence-electron chi connectivity index (χ2n) is 7.71. The Morgan fingerprint density at radius 3 is 2.68 bits per heavy atom. The minimum absolute atomic E-state index is 0.237. The van der Waals surface area contributed by atoms with Crippen molar-refractivity contribution in [3.8, 4) is 0 Å². The number of rotatable bonds is 5. The third-order valence-corrected chi connectivity index (χ3v) is 5.70. The van der Waals surface area contributed by atoms with E-state index in [0.29, 0.717) is 17.9 Å². The molecule has 2 N–H and O–H groups in total. The van der Waals surface area contributed by atoms with Gasteiger partial charge < -0.3 is 10.6 Å². The van der Waals surface area contributed by atoms with E-state index in [-0.39, 0.29) is 5.92 Å². The SMILES string of the molecule is Cc1cccc2c(NCC3CCC(C(=O)NC4CC4)CC3)ccnc12. The summed E-state index contributed by atoms with van der Waals surface area (Å²) in [6.45, 7) is 3.08. The number of pyridine rings is 1. The number of fused-ring (bicyclic) bond motifs is 1. The standard InChI is InChI=1S/C21H27N3O/c1-14-3-2-4-18-19(11-12-22-20(14)18)23-13-15-5-7-16(8-6-15)21(25)24-17-9-10-17/h2-4,11-12,15-17H,5-10,13H2,1H3,(H,22,23)(H,24,25). The molecular formula is C21H27N3O. The third-order valence-electron chi connectivity index (χ3n) is 5.70. The lowest BCUT2D eigenvalue weighted by Gasteiger charge is -2.28. The minimum atomic E-state index is 0.237. The van der Waals surface area contributed by atoms with Crippen molar-refractivity contribution in [2.75, 3.05) is 11.9 Å². The summed E-state index contributed by atoms with van der Waals surface area (Å²) < 4.78 is 0. The molecule has 1 aromatic heterocycles. The predicted octanol–water partition coefficient (Wildman–Crippen LogP) is 4.04. The summed E-state index contributed by atoms with van der Waals surface area (Å²) in [6.07, 6.45) is 8.56. The van der Waals surface area contributed by atoms with Crippen LogP contribution in [0.5, 0.6) is 0 Å². The van der Waals surface area contributed by atoms with Crippen LogP contribution in [0, 0.1) is 18.8 Å². The summed E-state index contributed by atoms with van der Waals surface area (Å²) in [7, 11) is 0. The molecule has 2 aliphatic rings. The molecular weight excluding hydrogens is 310 g/mol. The molecule has 2 aromatic rings. The molecule has 0 atom stereocenters. The van der Waals surface area contributed by atoms with Gasteiger partial charge in [-0.2, -0.15) is 0 Å². The highest BCUT2D eigenvalue weighted by atomic mass is 16.2. The molecule has 0 saturated heterocycles. The quantitative estimate of drug-likeness (QED) is 0.866. The summed E-state index contributed by atoms with van der Waals surface area (Å²) in [6, 6.07) is 8.88. The summed E-state index contributed by atoms with van der Waals surface area (Å²) in [4.78, 5) is 16.7. The normalized spacial score (nSPS) is 23.4. The van der Waals surface area contributed by atoms with Crippen molar-refractivity contribution in [2.24, 2.45) is 11.8 Å². The van der Waals surface area contributed by atoms with Crippen LogP contribution in [0.25, 0.3) is 10.9 Å². The number of amides is 1. The van der Waals surface area contributed by atoms with Crippen LogP contribution in [0.1, 0.15) is 44.1 Å². The first-order valence-corrected chi connectivity index (χ1v) is 9.59. The van der Waals surface area contributed by atoms with Crippen molar-refractivity contribution in [2.45, 2.75) is 51.5 Å². The Labute approximate surface area is 149 Å². The van der Waals surface area contributed by atoms with E-state index in [0.717, 1.165) is 37.7 Å². The van der Waals surface area contributed by atoms with Crippen molar-refractivity contribution in [1.29, 1.82) is 0 Å². The van der Waals surface area contributed by atoms with Crippen LogP contribution in [0.3, 0.4) is 0 Å². The highest BCUT2D eigenvalue weighted by Gasteiger charge is 2.30. The van der Waals surface area contributed by atoms with Gasteiger partial charge in [0.2, 0.25) is 5.91 Å². The van der Waals surface area contributed by atoms with Crippen molar-refractivity contribution < 1.29 is 4.79 Å². The number of nitrogens with zero attached hydrogens (tertiary/aromatic N) is 1. The molecule has 1 heterocycles. The Balaban J connectivity index is 1.32. The Morgan fingerprint density at radius 1 is 1.12 bits per heavy atom. The van der Waals surface area contributed by atoms with Crippen LogP contribution in [0.2, 0.25) is 0 Å². The molecule has 0 radical (unpaired) electrons. The summed E-state index contributed by atoms with van der Waals surface area (Å²) in [5, 5.41) is 7.98. The number of anilines is 1. The average molecular weight is 337 g/mol. The number of aryl methyl sites for hydroxylation is 1. The number of hydrogen-bond acceptors (Lipinski definition) is 3. The van der Waals surface area contributed by atoms with Gasteiger partial charge in [0.15, 0.2) is 0 Å². The number of para-hydroxylation sites is 1. The average Bonchev–Trinajstić information content (AvgIpc) is 3.45. The monoisotopic (exact) mass is 337 g/mol. The van der Waals surface area contributed by atoms with Crippen LogP contribution in [0.15, 0.2) is 30.5 Å². The first-order valence-electron chi connectivity index (χ1n) is 9.59. The topological polar surface area (TPSA) is 54.0 Å². The van der Waals surface area contributed by atoms with Crippen LogP contribution in [0.4, 0.5) is 5.69 Å². The first-order chi connectivity index (χ1) is 12.2. The molecule has 1 amide bonds. The zero-order valence-electron chi connectivity index (χ0n) is 14.9. The molecule has 4 heteroatoms. The number of benzene rings is 1. The van der Waals surface area contributed by atoms with E-state index >= 15 is 0 Å². The largest absolute Gasteiger partial charge is 0.384 e. The number of aromatic nitrogens is 1. The Hall–Kier alpha value is -2.10. The van der Waals surface area contributed by atoms with Crippen molar-refractivity contribution in [1.82, 2.24) is 10.3 Å². The molecule has 0 spiro atoms. The molecule has 4 rings (SSSR count). The molecule has 2 fully saturated rings. The number of nitrogens with one attached hydrogen (secondary N) is 2. The van der Waals surface area contributed by atoms with Crippen molar-refractivity contribution in [3.63, 3.8) is 0 Å². The van der Waals surface area contributed by atoms with Gasteiger partial charge in [0.05, 0.1) is 5.52 Å². The maximum atomic E-state index is 12.2. The Kier molecular flexibility index (Phi) is 4.60. The lowest BCUT2D eigenvalue weighted by atomic mass is 9.81. The van der Waals surface area contributed by atoms with Gasteiger partial charge in [-0.1, -0.05) is 18.2 Å². The fraction of sp³-hybridized carbons (Fsp3) is 0.524. The molecule has 0 aliphatic heterocycles.